The minimum atomic E-state index is -0.600. The number of hydrogen-bond acceptors (Lipinski definition) is 4. The first-order chi connectivity index (χ1) is 7.54. The Labute approximate surface area is 93.2 Å². The third-order valence-corrected chi connectivity index (χ3v) is 2.01. The zero-order valence-corrected chi connectivity index (χ0v) is 9.15. The van der Waals surface area contributed by atoms with Gasteiger partial charge >= 0.3 is 0 Å². The molecule has 0 aliphatic carbocycles. The number of aromatic nitrogens is 1. The number of hydrogen-bond donors (Lipinski definition) is 3. The Morgan fingerprint density at radius 2 is 2.12 bits per heavy atom. The molecule has 1 aromatic rings. The summed E-state index contributed by atoms with van der Waals surface area (Å²) >= 11 is 0. The molecule has 0 bridgehead atoms. The second kappa shape index (κ2) is 5.11. The molecule has 6 heteroatoms. The van der Waals surface area contributed by atoms with Crippen molar-refractivity contribution in [3.63, 3.8) is 0 Å². The fourth-order valence-corrected chi connectivity index (χ4v) is 1.09. The number of nitrogens with zero attached hydrogens (tertiary/aromatic N) is 1. The zero-order valence-electron chi connectivity index (χ0n) is 9.15. The summed E-state index contributed by atoms with van der Waals surface area (Å²) in [4.78, 5) is 26.6. The lowest BCUT2D eigenvalue weighted by Crippen LogP contribution is -2.43. The van der Waals surface area contributed by atoms with E-state index in [2.05, 4.69) is 15.6 Å². The van der Waals surface area contributed by atoms with Gasteiger partial charge in [-0.15, -0.1) is 0 Å². The number of anilines is 1. The van der Waals surface area contributed by atoms with Gasteiger partial charge in [0.15, 0.2) is 0 Å². The predicted octanol–water partition coefficient (Wildman–Crippen LogP) is -0.472. The van der Waals surface area contributed by atoms with E-state index in [0.29, 0.717) is 5.69 Å². The average Bonchev–Trinajstić information content (AvgIpc) is 2.28. The summed E-state index contributed by atoms with van der Waals surface area (Å²) in [7, 11) is 1.51. The third kappa shape index (κ3) is 2.94. The summed E-state index contributed by atoms with van der Waals surface area (Å²) in [5.74, 6) is -0.667. The molecule has 1 atom stereocenters. The van der Waals surface area contributed by atoms with Crippen LogP contribution < -0.4 is 16.4 Å². The Morgan fingerprint density at radius 3 is 2.62 bits per heavy atom. The van der Waals surface area contributed by atoms with Crippen LogP contribution in [0.5, 0.6) is 0 Å². The van der Waals surface area contributed by atoms with Crippen LogP contribution in [-0.4, -0.2) is 29.9 Å². The fourth-order valence-electron chi connectivity index (χ4n) is 1.09. The van der Waals surface area contributed by atoms with Crippen molar-refractivity contribution in [2.24, 2.45) is 0 Å². The SMILES string of the molecule is CNC(=O)C(C)NC(=O)c1ccc(N)cn1. The molecule has 1 rings (SSSR count). The lowest BCUT2D eigenvalue weighted by Gasteiger charge is -2.11. The largest absolute Gasteiger partial charge is 0.397 e. The molecular weight excluding hydrogens is 208 g/mol. The summed E-state index contributed by atoms with van der Waals surface area (Å²) in [5.41, 5.74) is 6.15. The Hall–Kier alpha value is -2.11. The van der Waals surface area contributed by atoms with Gasteiger partial charge in [0.05, 0.1) is 11.9 Å². The number of carbonyl (C=O) groups is 2. The lowest BCUT2D eigenvalue weighted by atomic mass is 10.2. The fraction of sp³-hybridized carbons (Fsp3) is 0.300. The number of carbonyl (C=O) groups excluding carboxylic acids is 2. The molecule has 2 amide bonds. The molecule has 0 saturated carbocycles. The average molecular weight is 222 g/mol. The lowest BCUT2D eigenvalue weighted by molar-refractivity contribution is -0.122. The van der Waals surface area contributed by atoms with Crippen LogP contribution in [0.15, 0.2) is 18.3 Å². The molecule has 0 fully saturated rings. The van der Waals surface area contributed by atoms with Gasteiger partial charge in [-0.25, -0.2) is 4.98 Å². The number of nitrogens with two attached hydrogens (primary N) is 1. The van der Waals surface area contributed by atoms with Crippen molar-refractivity contribution in [1.29, 1.82) is 0 Å². The van der Waals surface area contributed by atoms with Crippen LogP contribution in [0.3, 0.4) is 0 Å². The van der Waals surface area contributed by atoms with Gasteiger partial charge in [-0.05, 0) is 19.1 Å². The summed E-state index contributed by atoms with van der Waals surface area (Å²) < 4.78 is 0. The molecule has 86 valence electrons. The Morgan fingerprint density at radius 1 is 1.44 bits per heavy atom. The van der Waals surface area contributed by atoms with Gasteiger partial charge in [0, 0.05) is 7.05 Å². The number of pyridine rings is 1. The molecule has 0 aliphatic rings. The highest BCUT2D eigenvalue weighted by atomic mass is 16.2. The van der Waals surface area contributed by atoms with Crippen LogP contribution in [0.1, 0.15) is 17.4 Å². The van der Waals surface area contributed by atoms with Crippen LogP contribution in [0.2, 0.25) is 0 Å². The summed E-state index contributed by atoms with van der Waals surface area (Å²) in [6, 6.07) is 2.48. The van der Waals surface area contributed by atoms with Gasteiger partial charge in [0.2, 0.25) is 5.91 Å². The summed E-state index contributed by atoms with van der Waals surface area (Å²) in [6.45, 7) is 1.59. The molecule has 1 unspecified atom stereocenters. The molecule has 1 aromatic heterocycles. The van der Waals surface area contributed by atoms with Gasteiger partial charge in [0.25, 0.3) is 5.91 Å². The van der Waals surface area contributed by atoms with Crippen molar-refractivity contribution in [3.05, 3.63) is 24.0 Å². The maximum absolute atomic E-state index is 11.6. The number of likely N-dealkylation sites (N-methyl/N-ethyl adjacent to an activating group) is 1. The molecule has 4 N–H and O–H groups in total. The molecule has 0 radical (unpaired) electrons. The van der Waals surface area contributed by atoms with Crippen molar-refractivity contribution in [3.8, 4) is 0 Å². The van der Waals surface area contributed by atoms with Crippen molar-refractivity contribution in [1.82, 2.24) is 15.6 Å². The summed E-state index contributed by atoms with van der Waals surface area (Å²) in [5, 5.41) is 4.95. The molecule has 0 spiro atoms. The number of rotatable bonds is 3. The number of nitrogens with one attached hydrogen (secondary N) is 2. The van der Waals surface area contributed by atoms with E-state index >= 15 is 0 Å². The first kappa shape index (κ1) is 12.0. The third-order valence-electron chi connectivity index (χ3n) is 2.01. The highest BCUT2D eigenvalue weighted by molar-refractivity contribution is 5.96. The Kier molecular flexibility index (Phi) is 3.82. The topological polar surface area (TPSA) is 97.1 Å². The van der Waals surface area contributed by atoms with E-state index in [-0.39, 0.29) is 11.6 Å². The van der Waals surface area contributed by atoms with E-state index in [1.54, 1.807) is 13.0 Å². The van der Waals surface area contributed by atoms with Gasteiger partial charge in [-0.2, -0.15) is 0 Å². The first-order valence-corrected chi connectivity index (χ1v) is 4.78. The standard InChI is InChI=1S/C10H14N4O2/c1-6(9(15)12-2)14-10(16)8-4-3-7(11)5-13-8/h3-6H,11H2,1-2H3,(H,12,15)(H,14,16). The van der Waals surface area contributed by atoms with Gasteiger partial charge in [-0.3, -0.25) is 9.59 Å². The van der Waals surface area contributed by atoms with E-state index in [0.717, 1.165) is 0 Å². The predicted molar refractivity (Wildman–Crippen MR) is 59.6 cm³/mol. The van der Waals surface area contributed by atoms with E-state index in [1.807, 2.05) is 0 Å². The van der Waals surface area contributed by atoms with E-state index in [4.69, 9.17) is 5.73 Å². The van der Waals surface area contributed by atoms with Gasteiger partial charge in [0.1, 0.15) is 11.7 Å². The summed E-state index contributed by atoms with van der Waals surface area (Å²) in [6.07, 6.45) is 1.39. The second-order valence-corrected chi connectivity index (χ2v) is 3.29. The number of nitrogen functional groups attached to an aromatic ring is 1. The van der Waals surface area contributed by atoms with Crippen molar-refractivity contribution < 1.29 is 9.59 Å². The van der Waals surface area contributed by atoms with Crippen molar-refractivity contribution >= 4 is 17.5 Å². The minimum Gasteiger partial charge on any atom is -0.397 e. The maximum atomic E-state index is 11.6. The normalized spacial score (nSPS) is 11.6. The highest BCUT2D eigenvalue weighted by Gasteiger charge is 2.15. The number of amides is 2. The molecule has 16 heavy (non-hydrogen) atoms. The minimum absolute atomic E-state index is 0.227. The van der Waals surface area contributed by atoms with Crippen LogP contribution in [0.4, 0.5) is 5.69 Å². The van der Waals surface area contributed by atoms with E-state index in [9.17, 15) is 9.59 Å². The van der Waals surface area contributed by atoms with Crippen LogP contribution >= 0.6 is 0 Å². The monoisotopic (exact) mass is 222 g/mol. The molecule has 0 aromatic carbocycles. The highest BCUT2D eigenvalue weighted by Crippen LogP contribution is 2.01. The smallest absolute Gasteiger partial charge is 0.270 e. The van der Waals surface area contributed by atoms with Gasteiger partial charge < -0.3 is 16.4 Å². The van der Waals surface area contributed by atoms with Crippen molar-refractivity contribution in [2.45, 2.75) is 13.0 Å². The zero-order chi connectivity index (χ0) is 12.1. The van der Waals surface area contributed by atoms with Crippen molar-refractivity contribution in [2.75, 3.05) is 12.8 Å². The molecule has 0 saturated heterocycles. The Balaban J connectivity index is 2.65. The van der Waals surface area contributed by atoms with Crippen LogP contribution in [-0.2, 0) is 4.79 Å². The Bertz CT molecular complexity index is 388. The quantitative estimate of drug-likeness (QED) is 0.644. The maximum Gasteiger partial charge on any atom is 0.270 e. The molecular formula is C10H14N4O2. The second-order valence-electron chi connectivity index (χ2n) is 3.29. The molecule has 1 heterocycles. The van der Waals surface area contributed by atoms with E-state index in [1.165, 1.54) is 19.3 Å². The van der Waals surface area contributed by atoms with E-state index < -0.39 is 11.9 Å². The molecule has 0 aliphatic heterocycles. The van der Waals surface area contributed by atoms with Gasteiger partial charge in [-0.1, -0.05) is 0 Å². The first-order valence-electron chi connectivity index (χ1n) is 4.78. The van der Waals surface area contributed by atoms with Crippen LogP contribution in [0.25, 0.3) is 0 Å². The molecule has 6 nitrogen and oxygen atoms in total. The van der Waals surface area contributed by atoms with Crippen LogP contribution in [0, 0.1) is 0 Å².